The van der Waals surface area contributed by atoms with Crippen molar-refractivity contribution in [3.63, 3.8) is 0 Å². The van der Waals surface area contributed by atoms with Crippen LogP contribution in [0.15, 0.2) is 24.3 Å². The zero-order valence-corrected chi connectivity index (χ0v) is 14.1. The van der Waals surface area contributed by atoms with Crippen LogP contribution in [0.5, 0.6) is 0 Å². The third kappa shape index (κ3) is 8.24. The molecule has 19 heavy (non-hydrogen) atoms. The summed E-state index contributed by atoms with van der Waals surface area (Å²) in [5.74, 6) is -0.0236. The van der Waals surface area contributed by atoms with Crippen molar-refractivity contribution in [3.05, 3.63) is 35.4 Å². The van der Waals surface area contributed by atoms with Gasteiger partial charge in [0.15, 0.2) is 0 Å². The molecule has 2 N–H and O–H groups in total. The van der Waals surface area contributed by atoms with Crippen LogP contribution in [0.2, 0.25) is 0 Å². The summed E-state index contributed by atoms with van der Waals surface area (Å²) in [7, 11) is 1.91. The summed E-state index contributed by atoms with van der Waals surface area (Å²) < 4.78 is 0. The van der Waals surface area contributed by atoms with Gasteiger partial charge in [-0.15, -0.1) is 0 Å². The average Bonchev–Trinajstić information content (AvgIpc) is 2.39. The molecule has 0 bridgehead atoms. The first kappa shape index (κ1) is 18.4. The van der Waals surface area contributed by atoms with E-state index in [1.807, 2.05) is 31.3 Å². The summed E-state index contributed by atoms with van der Waals surface area (Å²) in [6.07, 6.45) is 3.05. The predicted octanol–water partition coefficient (Wildman–Crippen LogP) is 1.30. The molecule has 1 rings (SSSR count). The maximum atomic E-state index is 11.4. The summed E-state index contributed by atoms with van der Waals surface area (Å²) in [5.41, 5.74) is 2.29. The fourth-order valence-electron chi connectivity index (χ4n) is 1.59. The summed E-state index contributed by atoms with van der Waals surface area (Å²) in [6.45, 7) is 1.37. The van der Waals surface area contributed by atoms with Crippen molar-refractivity contribution in [2.24, 2.45) is 0 Å². The first-order valence-electron chi connectivity index (χ1n) is 6.10. The van der Waals surface area contributed by atoms with Crippen LogP contribution in [0.1, 0.15) is 30.4 Å². The number of carbonyl (C=O) groups excluding carboxylic acids is 2. The van der Waals surface area contributed by atoms with Gasteiger partial charge in [0.1, 0.15) is 0 Å². The maximum absolute atomic E-state index is 11.4. The molecule has 0 aliphatic heterocycles. The van der Waals surface area contributed by atoms with Crippen LogP contribution < -0.4 is 10.6 Å². The second kappa shape index (κ2) is 11.3. The fraction of sp³-hybridized carbons (Fsp3) is 0.429. The molecule has 4 nitrogen and oxygen atoms in total. The van der Waals surface area contributed by atoms with Crippen molar-refractivity contribution in [2.45, 2.75) is 32.4 Å². The zero-order chi connectivity index (χ0) is 13.2. The van der Waals surface area contributed by atoms with Crippen LogP contribution in [0.3, 0.4) is 0 Å². The molecule has 0 fully saturated rings. The molecule has 0 aromatic heterocycles. The molecule has 1 aromatic rings. The first-order valence-corrected chi connectivity index (χ1v) is 6.10. The number of benzene rings is 1. The van der Waals surface area contributed by atoms with Crippen LogP contribution in [0.25, 0.3) is 0 Å². The summed E-state index contributed by atoms with van der Waals surface area (Å²) in [5, 5.41) is 5.91. The van der Waals surface area contributed by atoms with Gasteiger partial charge < -0.3 is 15.4 Å². The van der Waals surface area contributed by atoms with Crippen LogP contribution in [0, 0.1) is 0 Å². The third-order valence-electron chi connectivity index (χ3n) is 2.58. The Hall–Kier alpha value is -0.576. The number of hydrogen-bond donors (Lipinski definition) is 2. The monoisotopic (exact) mass is 336 g/mol. The number of carbonyl (C=O) groups is 1. The molecule has 0 saturated carbocycles. The topological polar surface area (TPSA) is 58.2 Å². The Morgan fingerprint density at radius 1 is 1.16 bits per heavy atom. The molecule has 0 unspecified atom stereocenters. The van der Waals surface area contributed by atoms with Gasteiger partial charge in [-0.3, -0.25) is 11.1 Å². The molecule has 0 heterocycles. The average molecular weight is 336 g/mol. The number of unbranched alkanes of at least 4 members (excludes halogenated alkanes) is 1. The van der Waals surface area contributed by atoms with Gasteiger partial charge in [-0.2, -0.15) is 6.42 Å². The second-order valence-corrected chi connectivity index (χ2v) is 4.12. The summed E-state index contributed by atoms with van der Waals surface area (Å²) in [6, 6.07) is 8.09. The number of rotatable bonds is 8. The van der Waals surface area contributed by atoms with Gasteiger partial charge in [0, 0.05) is 52.2 Å². The number of amides is 1. The van der Waals surface area contributed by atoms with Crippen LogP contribution in [0.4, 0.5) is 0 Å². The Morgan fingerprint density at radius 2 is 1.74 bits per heavy atom. The van der Waals surface area contributed by atoms with Crippen LogP contribution in [-0.4, -0.2) is 19.2 Å². The van der Waals surface area contributed by atoms with Crippen molar-refractivity contribution in [1.82, 2.24) is 10.6 Å². The maximum Gasteiger partial charge on any atom is 0.220 e. The number of hydrogen-bond acceptors (Lipinski definition) is 3. The van der Waals surface area contributed by atoms with Crippen molar-refractivity contribution in [1.29, 1.82) is 0 Å². The Balaban J connectivity index is 0.00000324. The molecule has 1 radical (unpaired) electrons. The molecule has 0 spiro atoms. The predicted molar refractivity (Wildman–Crippen MR) is 70.6 cm³/mol. The van der Waals surface area contributed by atoms with Crippen LogP contribution in [-0.2, 0) is 55.4 Å². The largest absolute Gasteiger partial charge is 0.542 e. The van der Waals surface area contributed by atoms with E-state index in [0.717, 1.165) is 12.1 Å². The normalized spacial score (nSPS) is 9.53. The smallest absolute Gasteiger partial charge is 0.220 e. The molecule has 0 aliphatic carbocycles. The molecular formula is C14H19N2O2Y-. The van der Waals surface area contributed by atoms with E-state index in [1.54, 1.807) is 6.29 Å². The second-order valence-electron chi connectivity index (χ2n) is 4.12. The molecule has 0 aliphatic rings. The van der Waals surface area contributed by atoms with E-state index in [2.05, 4.69) is 10.6 Å². The van der Waals surface area contributed by atoms with Crippen molar-refractivity contribution >= 4 is 12.2 Å². The SMILES string of the molecule is CNCc1ccc(CNC(=O)CCC[C-]=O)cc1.[Y]. The van der Waals surface area contributed by atoms with Gasteiger partial charge in [0.05, 0.1) is 0 Å². The van der Waals surface area contributed by atoms with E-state index < -0.39 is 0 Å². The minimum absolute atomic E-state index is 0. The van der Waals surface area contributed by atoms with Gasteiger partial charge in [0.25, 0.3) is 0 Å². The van der Waals surface area contributed by atoms with Gasteiger partial charge in [-0.1, -0.05) is 30.7 Å². The summed E-state index contributed by atoms with van der Waals surface area (Å²) in [4.78, 5) is 21.4. The molecule has 5 heteroatoms. The molecule has 0 saturated heterocycles. The van der Waals surface area contributed by atoms with Gasteiger partial charge >= 0.3 is 0 Å². The first-order chi connectivity index (χ1) is 8.76. The van der Waals surface area contributed by atoms with Gasteiger partial charge in [-0.25, -0.2) is 0 Å². The van der Waals surface area contributed by atoms with E-state index in [0.29, 0.717) is 25.8 Å². The minimum atomic E-state index is -0.0236. The van der Waals surface area contributed by atoms with Crippen molar-refractivity contribution < 1.29 is 42.3 Å². The van der Waals surface area contributed by atoms with E-state index >= 15 is 0 Å². The summed E-state index contributed by atoms with van der Waals surface area (Å²) >= 11 is 0. The third-order valence-corrected chi connectivity index (χ3v) is 2.58. The van der Waals surface area contributed by atoms with Crippen LogP contribution >= 0.6 is 0 Å². The van der Waals surface area contributed by atoms with Crippen molar-refractivity contribution in [2.75, 3.05) is 7.05 Å². The Kier molecular flexibility index (Phi) is 10.9. The molecular weight excluding hydrogens is 317 g/mol. The molecule has 1 amide bonds. The van der Waals surface area contributed by atoms with Gasteiger partial charge in [-0.05, 0) is 18.2 Å². The van der Waals surface area contributed by atoms with E-state index in [-0.39, 0.29) is 38.6 Å². The fourth-order valence-corrected chi connectivity index (χ4v) is 1.59. The Bertz CT molecular complexity index is 380. The van der Waals surface area contributed by atoms with Gasteiger partial charge in [0.2, 0.25) is 5.91 Å². The molecule has 0 atom stereocenters. The molecule has 1 aromatic carbocycles. The Labute approximate surface area is 139 Å². The van der Waals surface area contributed by atoms with E-state index in [1.165, 1.54) is 5.56 Å². The minimum Gasteiger partial charge on any atom is -0.542 e. The zero-order valence-electron chi connectivity index (χ0n) is 11.2. The standard InChI is InChI=1S/C14H19N2O2.Y/c1-15-10-12-5-7-13(8-6-12)11-16-14(18)4-2-3-9-17;/h5-8,15H,2-4,10-11H2,1H3,(H,16,18);/q-1;. The van der Waals surface area contributed by atoms with E-state index in [9.17, 15) is 9.59 Å². The quantitative estimate of drug-likeness (QED) is 0.556. The Morgan fingerprint density at radius 3 is 2.26 bits per heavy atom. The van der Waals surface area contributed by atoms with Crippen molar-refractivity contribution in [3.8, 4) is 0 Å². The van der Waals surface area contributed by atoms with E-state index in [4.69, 9.17) is 0 Å². The number of nitrogens with one attached hydrogen (secondary N) is 2. The molecule has 101 valence electrons.